The first-order valence-electron chi connectivity index (χ1n) is 3.74. The number of nitrogens with zero attached hydrogens (tertiary/aromatic N) is 1. The first kappa shape index (κ1) is 12.9. The average molecular weight is 252 g/mol. The molecule has 4 heteroatoms. The van der Waals surface area contributed by atoms with Crippen LogP contribution in [0, 0.1) is 13.0 Å². The summed E-state index contributed by atoms with van der Waals surface area (Å²) < 4.78 is 0. The minimum atomic E-state index is 0. The number of carbonyl (C=O) groups is 1. The van der Waals surface area contributed by atoms with Crippen LogP contribution in [-0.2, 0) is 39.3 Å². The third kappa shape index (κ3) is 3.26. The molecule has 1 rings (SSSR count). The van der Waals surface area contributed by atoms with Gasteiger partial charge in [-0.2, -0.15) is 0 Å². The number of hydrogen-bond acceptors (Lipinski definition) is 3. The van der Waals surface area contributed by atoms with Crippen molar-refractivity contribution < 1.29 is 37.5 Å². The van der Waals surface area contributed by atoms with E-state index in [2.05, 4.69) is 11.1 Å². The fraction of sp³-hybridized carbons (Fsp3) is 0.333. The fourth-order valence-corrected chi connectivity index (χ4v) is 1.01. The van der Waals surface area contributed by atoms with Crippen molar-refractivity contribution in [1.82, 2.24) is 4.98 Å². The third-order valence-electron chi connectivity index (χ3n) is 1.66. The Balaban J connectivity index is 0.00000144. The van der Waals surface area contributed by atoms with E-state index in [1.54, 1.807) is 6.20 Å². The van der Waals surface area contributed by atoms with Crippen molar-refractivity contribution in [3.8, 4) is 0 Å². The Bertz CT molecular complexity index is 312. The molecule has 0 saturated heterocycles. The van der Waals surface area contributed by atoms with E-state index in [4.69, 9.17) is 5.73 Å². The van der Waals surface area contributed by atoms with E-state index in [0.29, 0.717) is 17.8 Å². The van der Waals surface area contributed by atoms with E-state index in [1.165, 1.54) is 6.92 Å². The van der Waals surface area contributed by atoms with E-state index in [-0.39, 0.29) is 38.5 Å². The zero-order chi connectivity index (χ0) is 9.14. The van der Waals surface area contributed by atoms with Crippen LogP contribution in [0.4, 0.5) is 0 Å². The molecule has 67 valence electrons. The van der Waals surface area contributed by atoms with E-state index >= 15 is 0 Å². The largest absolute Gasteiger partial charge is 0.327 e. The molecule has 1 heterocycles. The summed E-state index contributed by atoms with van der Waals surface area (Å²) in [4.78, 5) is 15.0. The Kier molecular flexibility index (Phi) is 5.53. The van der Waals surface area contributed by atoms with Crippen LogP contribution in [0.2, 0.25) is 0 Å². The van der Waals surface area contributed by atoms with Crippen LogP contribution in [0.1, 0.15) is 28.5 Å². The van der Waals surface area contributed by atoms with Gasteiger partial charge in [-0.15, -0.1) is 5.56 Å². The first-order chi connectivity index (χ1) is 5.65. The van der Waals surface area contributed by atoms with E-state index < -0.39 is 0 Å². The summed E-state index contributed by atoms with van der Waals surface area (Å²) in [6.07, 6.45) is 1.55. The number of rotatable bonds is 2. The van der Waals surface area contributed by atoms with Crippen LogP contribution in [0.5, 0.6) is 0 Å². The Morgan fingerprint density at radius 2 is 2.31 bits per heavy atom. The molecule has 0 aromatic carbocycles. The minimum Gasteiger partial charge on any atom is -0.327 e. The summed E-state index contributed by atoms with van der Waals surface area (Å²) in [5, 5.41) is 0. The van der Waals surface area contributed by atoms with Crippen LogP contribution in [0.15, 0.2) is 6.20 Å². The molecule has 0 saturated carbocycles. The van der Waals surface area contributed by atoms with Crippen molar-refractivity contribution in [1.29, 1.82) is 0 Å². The van der Waals surface area contributed by atoms with E-state index in [0.717, 1.165) is 5.56 Å². The molecule has 0 spiro atoms. The number of aryl methyl sites for hydroxylation is 1. The molecular formula is C9H11N2OY-. The van der Waals surface area contributed by atoms with Crippen molar-refractivity contribution in [2.75, 3.05) is 0 Å². The van der Waals surface area contributed by atoms with Gasteiger partial charge in [-0.3, -0.25) is 4.98 Å². The Hall–Kier alpha value is -0.116. The predicted molar refractivity (Wildman–Crippen MR) is 45.7 cm³/mol. The molecule has 0 fully saturated rings. The summed E-state index contributed by atoms with van der Waals surface area (Å²) in [7, 11) is 0. The van der Waals surface area contributed by atoms with Gasteiger partial charge in [0.15, 0.2) is 0 Å². The second kappa shape index (κ2) is 5.58. The van der Waals surface area contributed by atoms with Gasteiger partial charge in [0.1, 0.15) is 0 Å². The van der Waals surface area contributed by atoms with Crippen molar-refractivity contribution in [3.05, 3.63) is 29.1 Å². The number of ketones is 1. The smallest absolute Gasteiger partial charge is 0.0816 e. The monoisotopic (exact) mass is 252 g/mol. The van der Waals surface area contributed by atoms with Crippen molar-refractivity contribution in [3.63, 3.8) is 0 Å². The summed E-state index contributed by atoms with van der Waals surface area (Å²) in [6, 6.07) is 2.95. The van der Waals surface area contributed by atoms with Gasteiger partial charge in [-0.25, -0.2) is 11.6 Å². The van der Waals surface area contributed by atoms with Gasteiger partial charge in [-0.1, -0.05) is 6.92 Å². The second-order valence-electron chi connectivity index (χ2n) is 2.63. The van der Waals surface area contributed by atoms with Crippen LogP contribution in [0.25, 0.3) is 0 Å². The number of pyridine rings is 1. The molecule has 0 bridgehead atoms. The van der Waals surface area contributed by atoms with Gasteiger partial charge in [0.05, 0.1) is 5.78 Å². The topological polar surface area (TPSA) is 56.0 Å². The summed E-state index contributed by atoms with van der Waals surface area (Å²) in [6.45, 7) is 3.70. The standard InChI is InChI=1S/C9H11N2O.Y/c1-6-3-8(4-10)11-5-9(6)7(2)12;/h5H,4,10H2,1-2H3;/q-1;. The number of nitrogens with two attached hydrogens (primary N) is 1. The Morgan fingerprint density at radius 3 is 2.69 bits per heavy atom. The van der Waals surface area contributed by atoms with Crippen molar-refractivity contribution in [2.24, 2.45) is 5.73 Å². The normalized spacial score (nSPS) is 9.15. The van der Waals surface area contributed by atoms with Crippen LogP contribution in [0.3, 0.4) is 0 Å². The molecule has 0 aliphatic rings. The third-order valence-corrected chi connectivity index (χ3v) is 1.66. The average Bonchev–Trinajstić information content (AvgIpc) is 2.03. The molecular weight excluding hydrogens is 241 g/mol. The fourth-order valence-electron chi connectivity index (χ4n) is 1.01. The summed E-state index contributed by atoms with van der Waals surface area (Å²) in [5.41, 5.74) is 7.49. The summed E-state index contributed by atoms with van der Waals surface area (Å²) in [5.74, 6) is 0.0137. The number of hydrogen-bond donors (Lipinski definition) is 1. The maximum Gasteiger partial charge on any atom is 0.0816 e. The number of Topliss-reactive ketones (excluding diaryl/α,β-unsaturated/α-hetero) is 1. The number of carbonyl (C=O) groups excluding carboxylic acids is 1. The van der Waals surface area contributed by atoms with Gasteiger partial charge in [0, 0.05) is 39.3 Å². The molecule has 1 radical (unpaired) electrons. The first-order valence-corrected chi connectivity index (χ1v) is 3.74. The molecule has 0 amide bonds. The maximum absolute atomic E-state index is 11.0. The van der Waals surface area contributed by atoms with E-state index in [1.807, 2.05) is 6.92 Å². The molecule has 1 aromatic heterocycles. The van der Waals surface area contributed by atoms with Gasteiger partial charge in [0.2, 0.25) is 0 Å². The quantitative estimate of drug-likeness (QED) is 0.627. The van der Waals surface area contributed by atoms with Gasteiger partial charge in [-0.05, 0) is 18.8 Å². The van der Waals surface area contributed by atoms with Crippen molar-refractivity contribution in [2.45, 2.75) is 20.4 Å². The van der Waals surface area contributed by atoms with Gasteiger partial charge < -0.3 is 10.5 Å². The van der Waals surface area contributed by atoms with E-state index in [9.17, 15) is 4.79 Å². The molecule has 0 aliphatic carbocycles. The molecule has 1 aromatic rings. The number of aromatic nitrogens is 1. The zero-order valence-corrected chi connectivity index (χ0v) is 10.6. The van der Waals surface area contributed by atoms with Gasteiger partial charge >= 0.3 is 0 Å². The van der Waals surface area contributed by atoms with Crippen molar-refractivity contribution >= 4 is 5.78 Å². The zero-order valence-electron chi connectivity index (χ0n) is 7.79. The maximum atomic E-state index is 11.0. The van der Waals surface area contributed by atoms with Crippen LogP contribution >= 0.6 is 0 Å². The molecule has 2 N–H and O–H groups in total. The predicted octanol–water partition coefficient (Wildman–Crippen LogP) is 0.849. The van der Waals surface area contributed by atoms with Crippen LogP contribution in [-0.4, -0.2) is 10.8 Å². The Morgan fingerprint density at radius 1 is 1.69 bits per heavy atom. The minimum absolute atomic E-state index is 0. The summed E-state index contributed by atoms with van der Waals surface area (Å²) >= 11 is 0. The Labute approximate surface area is 103 Å². The van der Waals surface area contributed by atoms with Crippen LogP contribution < -0.4 is 5.73 Å². The molecule has 0 atom stereocenters. The molecule has 13 heavy (non-hydrogen) atoms. The van der Waals surface area contributed by atoms with Gasteiger partial charge in [0.25, 0.3) is 0 Å². The molecule has 0 aliphatic heterocycles. The SMILES string of the molecule is CC(=O)c1cnc(CN)[c-]c1C.[Y]. The molecule has 3 nitrogen and oxygen atoms in total. The second-order valence-corrected chi connectivity index (χ2v) is 2.63. The molecule has 0 unspecified atom stereocenters.